The Balaban J connectivity index is 1.47. The van der Waals surface area contributed by atoms with Crippen molar-refractivity contribution in [1.82, 2.24) is 10.2 Å². The number of carbonyl (C=O) groups excluding carboxylic acids is 2. The highest BCUT2D eigenvalue weighted by Gasteiger charge is 2.29. The van der Waals surface area contributed by atoms with Crippen molar-refractivity contribution in [2.75, 3.05) is 26.8 Å². The number of aliphatic hydroxyl groups excluding tert-OH is 1. The van der Waals surface area contributed by atoms with Crippen LogP contribution in [0.5, 0.6) is 0 Å². The van der Waals surface area contributed by atoms with Crippen LogP contribution in [0.3, 0.4) is 0 Å². The van der Waals surface area contributed by atoms with Gasteiger partial charge < -0.3 is 20.1 Å². The number of amides is 2. The van der Waals surface area contributed by atoms with Crippen molar-refractivity contribution in [2.24, 2.45) is 5.92 Å². The van der Waals surface area contributed by atoms with Crippen LogP contribution in [0.25, 0.3) is 0 Å². The average molecular weight is 374 g/mol. The lowest BCUT2D eigenvalue weighted by Crippen LogP contribution is -2.48. The van der Waals surface area contributed by atoms with E-state index in [1.807, 2.05) is 24.0 Å². The summed E-state index contributed by atoms with van der Waals surface area (Å²) in [7, 11) is 1.45. The van der Waals surface area contributed by atoms with Gasteiger partial charge in [0.2, 0.25) is 0 Å². The van der Waals surface area contributed by atoms with Gasteiger partial charge in [0.1, 0.15) is 0 Å². The molecule has 1 aliphatic heterocycles. The number of nitrogens with zero attached hydrogens (tertiary/aromatic N) is 1. The Morgan fingerprint density at radius 1 is 1.19 bits per heavy atom. The second-order valence-electron chi connectivity index (χ2n) is 7.79. The largest absolute Gasteiger partial charge is 0.381 e. The average Bonchev–Trinajstić information content (AvgIpc) is 3.53. The number of nitrogens with one attached hydrogen (secondary N) is 1. The zero-order chi connectivity index (χ0) is 19.4. The maximum absolute atomic E-state index is 12.7. The van der Waals surface area contributed by atoms with E-state index < -0.39 is 12.0 Å². The molecule has 6 nitrogen and oxygen atoms in total. The van der Waals surface area contributed by atoms with Gasteiger partial charge in [0.15, 0.2) is 6.10 Å². The first-order valence-corrected chi connectivity index (χ1v) is 9.86. The van der Waals surface area contributed by atoms with Crippen molar-refractivity contribution < 1.29 is 19.4 Å². The summed E-state index contributed by atoms with van der Waals surface area (Å²) < 4.78 is 4.80. The van der Waals surface area contributed by atoms with Crippen LogP contribution in [0.2, 0.25) is 0 Å². The van der Waals surface area contributed by atoms with Gasteiger partial charge in [-0.15, -0.1) is 0 Å². The molecule has 1 aliphatic carbocycles. The molecule has 0 aromatic heterocycles. The van der Waals surface area contributed by atoms with Crippen LogP contribution in [-0.4, -0.2) is 60.8 Å². The third-order valence-corrected chi connectivity index (χ3v) is 5.74. The lowest BCUT2D eigenvalue weighted by Gasteiger charge is -2.35. The molecule has 3 rings (SSSR count). The summed E-state index contributed by atoms with van der Waals surface area (Å²) in [6.45, 7) is 3.32. The molecular weight excluding hydrogens is 344 g/mol. The fourth-order valence-corrected chi connectivity index (χ4v) is 3.77. The topological polar surface area (TPSA) is 78.9 Å². The molecule has 1 aromatic carbocycles. The predicted molar refractivity (Wildman–Crippen MR) is 103 cm³/mol. The number of carbonyl (C=O) groups is 2. The lowest BCUT2D eigenvalue weighted by molar-refractivity contribution is -0.132. The zero-order valence-corrected chi connectivity index (χ0v) is 16.2. The molecule has 2 amide bonds. The Bertz CT molecular complexity index is 649. The normalized spacial score (nSPS) is 20.2. The molecule has 1 aromatic rings. The molecule has 2 N–H and O–H groups in total. The highest BCUT2D eigenvalue weighted by molar-refractivity contribution is 5.94. The Hall–Kier alpha value is -1.92. The van der Waals surface area contributed by atoms with Gasteiger partial charge in [0, 0.05) is 31.8 Å². The fourth-order valence-electron chi connectivity index (χ4n) is 3.77. The molecule has 0 radical (unpaired) electrons. The number of ether oxygens (including phenoxy) is 1. The molecule has 148 valence electrons. The molecule has 1 saturated heterocycles. The first-order valence-electron chi connectivity index (χ1n) is 9.86. The summed E-state index contributed by atoms with van der Waals surface area (Å²) >= 11 is 0. The minimum Gasteiger partial charge on any atom is -0.381 e. The van der Waals surface area contributed by atoms with Crippen LogP contribution in [0, 0.1) is 5.92 Å². The number of hydrogen-bond donors (Lipinski definition) is 2. The number of rotatable bonds is 7. The van der Waals surface area contributed by atoms with Crippen molar-refractivity contribution in [3.8, 4) is 0 Å². The van der Waals surface area contributed by atoms with Crippen LogP contribution in [0.4, 0.5) is 0 Å². The summed E-state index contributed by atoms with van der Waals surface area (Å²) in [4.78, 5) is 26.5. The quantitative estimate of drug-likeness (QED) is 0.764. The van der Waals surface area contributed by atoms with Gasteiger partial charge >= 0.3 is 0 Å². The van der Waals surface area contributed by atoms with Crippen molar-refractivity contribution in [2.45, 2.75) is 50.7 Å². The maximum Gasteiger partial charge on any atom is 0.253 e. The van der Waals surface area contributed by atoms with Crippen LogP contribution >= 0.6 is 0 Å². The van der Waals surface area contributed by atoms with Crippen molar-refractivity contribution in [1.29, 1.82) is 0 Å². The third kappa shape index (κ3) is 5.08. The highest BCUT2D eigenvalue weighted by Crippen LogP contribution is 2.40. The van der Waals surface area contributed by atoms with Gasteiger partial charge in [-0.1, -0.05) is 12.1 Å². The second kappa shape index (κ2) is 8.85. The Morgan fingerprint density at radius 2 is 1.81 bits per heavy atom. The molecule has 27 heavy (non-hydrogen) atoms. The minimum atomic E-state index is -1.14. The third-order valence-electron chi connectivity index (χ3n) is 5.74. The summed E-state index contributed by atoms with van der Waals surface area (Å²) in [6.07, 6.45) is 3.06. The van der Waals surface area contributed by atoms with E-state index in [1.54, 1.807) is 0 Å². The molecule has 2 fully saturated rings. The van der Waals surface area contributed by atoms with E-state index >= 15 is 0 Å². The van der Waals surface area contributed by atoms with Crippen LogP contribution in [0.15, 0.2) is 24.3 Å². The summed E-state index contributed by atoms with van der Waals surface area (Å²) in [5, 5.41) is 12.5. The Kier molecular flexibility index (Phi) is 6.50. The Labute approximate surface area is 160 Å². The molecule has 2 atom stereocenters. The maximum atomic E-state index is 12.7. The molecule has 1 unspecified atom stereocenters. The first-order chi connectivity index (χ1) is 13.0. The van der Waals surface area contributed by atoms with Crippen LogP contribution < -0.4 is 5.32 Å². The van der Waals surface area contributed by atoms with Crippen LogP contribution in [-0.2, 0) is 9.53 Å². The molecule has 0 spiro atoms. The van der Waals surface area contributed by atoms with Gasteiger partial charge in [-0.3, -0.25) is 9.59 Å². The molecular formula is C21H30N2O4. The Morgan fingerprint density at radius 3 is 2.37 bits per heavy atom. The van der Waals surface area contributed by atoms with Gasteiger partial charge in [-0.05, 0) is 62.1 Å². The van der Waals surface area contributed by atoms with Gasteiger partial charge in [0.05, 0.1) is 6.61 Å². The summed E-state index contributed by atoms with van der Waals surface area (Å²) in [6, 6.07) is 8.02. The monoisotopic (exact) mass is 374 g/mol. The standard InChI is InChI=1S/C21H30N2O4/c1-14(22-20(25)19(24)13-27-2)15-9-11-23(12-10-15)21(26)18-7-5-17(6-8-18)16-3-4-16/h5-8,14-16,19,24H,3-4,9-13H2,1-2H3,(H,22,25)/t14-,19?/m0/s1. The van der Waals surface area contributed by atoms with E-state index in [1.165, 1.54) is 25.5 Å². The number of likely N-dealkylation sites (tertiary alicyclic amines) is 1. The van der Waals surface area contributed by atoms with Crippen molar-refractivity contribution in [3.05, 3.63) is 35.4 Å². The fraction of sp³-hybridized carbons (Fsp3) is 0.619. The van der Waals surface area contributed by atoms with Crippen molar-refractivity contribution in [3.63, 3.8) is 0 Å². The van der Waals surface area contributed by atoms with Gasteiger partial charge in [0.25, 0.3) is 11.8 Å². The molecule has 6 heteroatoms. The first kappa shape index (κ1) is 19.8. The smallest absolute Gasteiger partial charge is 0.253 e. The SMILES string of the molecule is COCC(O)C(=O)N[C@@H](C)C1CCN(C(=O)c2ccc(C3CC3)cc2)CC1. The van der Waals surface area contributed by atoms with E-state index in [4.69, 9.17) is 4.74 Å². The number of hydrogen-bond acceptors (Lipinski definition) is 4. The van der Waals surface area contributed by atoms with Crippen LogP contribution in [0.1, 0.15) is 54.4 Å². The predicted octanol–water partition coefficient (Wildman–Crippen LogP) is 1.93. The zero-order valence-electron chi connectivity index (χ0n) is 16.2. The van der Waals surface area contributed by atoms with Gasteiger partial charge in [-0.25, -0.2) is 0 Å². The molecule has 2 aliphatic rings. The number of benzene rings is 1. The van der Waals surface area contributed by atoms with Crippen molar-refractivity contribution >= 4 is 11.8 Å². The van der Waals surface area contributed by atoms with E-state index in [2.05, 4.69) is 17.4 Å². The number of piperidine rings is 1. The minimum absolute atomic E-state index is 0.00889. The second-order valence-corrected chi connectivity index (χ2v) is 7.79. The van der Waals surface area contributed by atoms with Gasteiger partial charge in [-0.2, -0.15) is 0 Å². The number of methoxy groups -OCH3 is 1. The van der Waals surface area contributed by atoms with E-state index in [-0.39, 0.29) is 18.6 Å². The van der Waals surface area contributed by atoms with E-state index in [9.17, 15) is 14.7 Å². The number of aliphatic hydroxyl groups is 1. The molecule has 1 heterocycles. The molecule has 1 saturated carbocycles. The van der Waals surface area contributed by atoms with E-state index in [0.29, 0.717) is 24.9 Å². The summed E-state index contributed by atoms with van der Waals surface area (Å²) in [5.41, 5.74) is 2.09. The summed E-state index contributed by atoms with van der Waals surface area (Å²) in [5.74, 6) is 0.676. The lowest BCUT2D eigenvalue weighted by atomic mass is 9.90. The molecule has 0 bridgehead atoms. The van der Waals surface area contributed by atoms with E-state index in [0.717, 1.165) is 18.4 Å². The highest BCUT2D eigenvalue weighted by atomic mass is 16.5.